The molecule has 156 valence electrons. The van der Waals surface area contributed by atoms with E-state index in [1.165, 1.54) is 18.4 Å². The molecule has 6 nitrogen and oxygen atoms in total. The molecule has 2 fully saturated rings. The van der Waals surface area contributed by atoms with E-state index in [9.17, 15) is 4.79 Å². The number of likely N-dealkylation sites (tertiary alicyclic amines) is 2. The van der Waals surface area contributed by atoms with Gasteiger partial charge >= 0.3 is 0 Å². The van der Waals surface area contributed by atoms with Crippen LogP contribution in [0.3, 0.4) is 0 Å². The molecule has 0 aromatic carbocycles. The number of rotatable bonds is 8. The van der Waals surface area contributed by atoms with E-state index in [0.29, 0.717) is 19.2 Å². The van der Waals surface area contributed by atoms with Crippen LogP contribution in [-0.2, 0) is 16.1 Å². The molecular weight excluding hydrogens is 352 g/mol. The van der Waals surface area contributed by atoms with Crippen LogP contribution in [0.2, 0.25) is 0 Å². The minimum Gasteiger partial charge on any atom is -0.377 e. The van der Waals surface area contributed by atoms with Crippen molar-refractivity contribution in [1.29, 1.82) is 0 Å². The SMILES string of the molecule is CC(C)OCCNC(=O)[C@@H]1CCCN(C2CCN(Cc3ccncc3)CC2)C1. The highest BCUT2D eigenvalue weighted by molar-refractivity contribution is 5.78. The van der Waals surface area contributed by atoms with Crippen molar-refractivity contribution in [3.05, 3.63) is 30.1 Å². The summed E-state index contributed by atoms with van der Waals surface area (Å²) in [4.78, 5) is 21.7. The lowest BCUT2D eigenvalue weighted by Gasteiger charge is -2.42. The first-order valence-corrected chi connectivity index (χ1v) is 10.9. The standard InChI is InChI=1S/C22H36N4O2/c1-18(2)28-15-11-24-22(27)20-4-3-12-26(17-20)21-7-13-25(14-8-21)16-19-5-9-23-10-6-19/h5-6,9-10,18,20-21H,3-4,7-8,11-17H2,1-2H3,(H,24,27)/t20-/m1/s1. The number of nitrogens with zero attached hydrogens (tertiary/aromatic N) is 3. The number of amides is 1. The first kappa shape index (κ1) is 21.2. The van der Waals surface area contributed by atoms with E-state index in [-0.39, 0.29) is 17.9 Å². The van der Waals surface area contributed by atoms with E-state index in [2.05, 4.69) is 32.2 Å². The van der Waals surface area contributed by atoms with Crippen molar-refractivity contribution >= 4 is 5.91 Å². The molecule has 0 unspecified atom stereocenters. The molecule has 3 rings (SSSR count). The van der Waals surface area contributed by atoms with Crippen molar-refractivity contribution in [1.82, 2.24) is 20.1 Å². The zero-order chi connectivity index (χ0) is 19.8. The van der Waals surface area contributed by atoms with Crippen molar-refractivity contribution in [2.24, 2.45) is 5.92 Å². The van der Waals surface area contributed by atoms with E-state index in [0.717, 1.165) is 45.6 Å². The third-order valence-electron chi connectivity index (χ3n) is 5.91. The van der Waals surface area contributed by atoms with Gasteiger partial charge in [0.05, 0.1) is 18.6 Å². The maximum absolute atomic E-state index is 12.5. The van der Waals surface area contributed by atoms with Crippen LogP contribution >= 0.6 is 0 Å². The topological polar surface area (TPSA) is 57.7 Å². The number of hydrogen-bond acceptors (Lipinski definition) is 5. The average Bonchev–Trinajstić information content (AvgIpc) is 2.72. The molecule has 0 bridgehead atoms. The Kier molecular flexibility index (Phi) is 8.25. The van der Waals surface area contributed by atoms with Gasteiger partial charge in [-0.3, -0.25) is 19.6 Å². The molecule has 0 saturated carbocycles. The summed E-state index contributed by atoms with van der Waals surface area (Å²) in [5.74, 6) is 0.329. The molecule has 1 aromatic heterocycles. The van der Waals surface area contributed by atoms with Crippen LogP contribution in [0.1, 0.15) is 45.1 Å². The van der Waals surface area contributed by atoms with Crippen LogP contribution < -0.4 is 5.32 Å². The van der Waals surface area contributed by atoms with E-state index in [1.807, 2.05) is 26.2 Å². The van der Waals surface area contributed by atoms with E-state index >= 15 is 0 Å². The first-order valence-electron chi connectivity index (χ1n) is 10.9. The van der Waals surface area contributed by atoms with Crippen molar-refractivity contribution in [2.75, 3.05) is 39.3 Å². The molecule has 0 aliphatic carbocycles. The maximum Gasteiger partial charge on any atom is 0.224 e. The van der Waals surface area contributed by atoms with Gasteiger partial charge in [-0.1, -0.05) is 0 Å². The normalized spacial score (nSPS) is 22.5. The van der Waals surface area contributed by atoms with E-state index in [1.54, 1.807) is 0 Å². The Morgan fingerprint density at radius 1 is 1.21 bits per heavy atom. The van der Waals surface area contributed by atoms with Gasteiger partial charge in [-0.15, -0.1) is 0 Å². The van der Waals surface area contributed by atoms with E-state index < -0.39 is 0 Å². The second-order valence-corrected chi connectivity index (χ2v) is 8.41. The Hall–Kier alpha value is -1.50. The number of carbonyl (C=O) groups is 1. The molecule has 0 spiro atoms. The Bertz CT molecular complexity index is 587. The number of nitrogens with one attached hydrogen (secondary N) is 1. The molecule has 1 aromatic rings. The Labute approximate surface area is 169 Å². The number of hydrogen-bond donors (Lipinski definition) is 1. The fourth-order valence-electron chi connectivity index (χ4n) is 4.35. The zero-order valence-electron chi connectivity index (χ0n) is 17.5. The third kappa shape index (κ3) is 6.54. The quantitative estimate of drug-likeness (QED) is 0.693. The summed E-state index contributed by atoms with van der Waals surface area (Å²) in [7, 11) is 0. The molecule has 1 atom stereocenters. The molecule has 0 radical (unpaired) electrons. The molecule has 1 amide bonds. The van der Waals surface area contributed by atoms with Crippen LogP contribution in [0, 0.1) is 5.92 Å². The van der Waals surface area contributed by atoms with Gasteiger partial charge in [0.25, 0.3) is 0 Å². The fourth-order valence-corrected chi connectivity index (χ4v) is 4.35. The van der Waals surface area contributed by atoms with Gasteiger partial charge in [0.2, 0.25) is 5.91 Å². The minimum absolute atomic E-state index is 0.127. The summed E-state index contributed by atoms with van der Waals surface area (Å²) < 4.78 is 5.52. The smallest absolute Gasteiger partial charge is 0.224 e. The predicted molar refractivity (Wildman–Crippen MR) is 111 cm³/mol. The minimum atomic E-state index is 0.127. The van der Waals surface area contributed by atoms with Crippen molar-refractivity contribution < 1.29 is 9.53 Å². The fraction of sp³-hybridized carbons (Fsp3) is 0.727. The summed E-state index contributed by atoms with van der Waals surface area (Å²) in [6, 6.07) is 4.83. The lowest BCUT2D eigenvalue weighted by atomic mass is 9.93. The summed E-state index contributed by atoms with van der Waals surface area (Å²) >= 11 is 0. The molecular formula is C22H36N4O2. The third-order valence-corrected chi connectivity index (χ3v) is 5.91. The number of aromatic nitrogens is 1. The van der Waals surface area contributed by atoms with Crippen LogP contribution in [0.5, 0.6) is 0 Å². The highest BCUT2D eigenvalue weighted by Gasteiger charge is 2.31. The number of carbonyl (C=O) groups excluding carboxylic acids is 1. The van der Waals surface area contributed by atoms with Gasteiger partial charge in [-0.05, 0) is 76.9 Å². The van der Waals surface area contributed by atoms with Crippen LogP contribution in [0.15, 0.2) is 24.5 Å². The van der Waals surface area contributed by atoms with Crippen LogP contribution in [-0.4, -0.2) is 72.2 Å². The highest BCUT2D eigenvalue weighted by atomic mass is 16.5. The molecule has 2 aliphatic rings. The lowest BCUT2D eigenvalue weighted by molar-refractivity contribution is -0.127. The number of piperidine rings is 2. The first-order chi connectivity index (χ1) is 13.6. The second kappa shape index (κ2) is 10.9. The molecule has 28 heavy (non-hydrogen) atoms. The molecule has 2 aliphatic heterocycles. The largest absolute Gasteiger partial charge is 0.377 e. The van der Waals surface area contributed by atoms with Gasteiger partial charge in [0.15, 0.2) is 0 Å². The summed E-state index contributed by atoms with van der Waals surface area (Å²) in [5, 5.41) is 3.06. The predicted octanol–water partition coefficient (Wildman–Crippen LogP) is 2.30. The molecule has 1 N–H and O–H groups in total. The van der Waals surface area contributed by atoms with Gasteiger partial charge < -0.3 is 10.1 Å². The monoisotopic (exact) mass is 388 g/mol. The maximum atomic E-state index is 12.5. The summed E-state index contributed by atoms with van der Waals surface area (Å²) in [6.07, 6.45) is 8.48. The van der Waals surface area contributed by atoms with Crippen molar-refractivity contribution in [3.8, 4) is 0 Å². The highest BCUT2D eigenvalue weighted by Crippen LogP contribution is 2.24. The zero-order valence-corrected chi connectivity index (χ0v) is 17.5. The Morgan fingerprint density at radius 2 is 1.96 bits per heavy atom. The summed E-state index contributed by atoms with van der Waals surface area (Å²) in [6.45, 7) is 10.6. The molecule has 6 heteroatoms. The second-order valence-electron chi connectivity index (χ2n) is 8.41. The van der Waals surface area contributed by atoms with Crippen LogP contribution in [0.4, 0.5) is 0 Å². The lowest BCUT2D eigenvalue weighted by Crippen LogP contribution is -2.50. The van der Waals surface area contributed by atoms with Gasteiger partial charge in [-0.25, -0.2) is 0 Å². The molecule has 3 heterocycles. The van der Waals surface area contributed by atoms with Gasteiger partial charge in [0, 0.05) is 38.1 Å². The summed E-state index contributed by atoms with van der Waals surface area (Å²) in [5.41, 5.74) is 1.34. The Morgan fingerprint density at radius 3 is 2.68 bits per heavy atom. The van der Waals surface area contributed by atoms with Crippen molar-refractivity contribution in [2.45, 2.75) is 58.2 Å². The van der Waals surface area contributed by atoms with Crippen LogP contribution in [0.25, 0.3) is 0 Å². The van der Waals surface area contributed by atoms with Crippen molar-refractivity contribution in [3.63, 3.8) is 0 Å². The number of ether oxygens (including phenoxy) is 1. The van der Waals surface area contributed by atoms with E-state index in [4.69, 9.17) is 4.74 Å². The van der Waals surface area contributed by atoms with Gasteiger partial charge in [0.1, 0.15) is 0 Å². The number of pyridine rings is 1. The Balaban J connectivity index is 1.39. The van der Waals surface area contributed by atoms with Gasteiger partial charge in [-0.2, -0.15) is 0 Å². The average molecular weight is 389 g/mol. The molecule has 2 saturated heterocycles.